The van der Waals surface area contributed by atoms with Crippen molar-refractivity contribution in [2.24, 2.45) is 4.99 Å². The summed E-state index contributed by atoms with van der Waals surface area (Å²) >= 11 is 7.44. The van der Waals surface area contributed by atoms with Crippen molar-refractivity contribution in [1.82, 2.24) is 5.32 Å². The molecule has 25 heavy (non-hydrogen) atoms. The zero-order valence-corrected chi connectivity index (χ0v) is 15.4. The van der Waals surface area contributed by atoms with Gasteiger partial charge in [0.1, 0.15) is 5.75 Å². The van der Waals surface area contributed by atoms with Crippen LogP contribution < -0.4 is 10.1 Å². The average molecular weight is 373 g/mol. The van der Waals surface area contributed by atoms with Gasteiger partial charge < -0.3 is 10.1 Å². The first-order chi connectivity index (χ1) is 12.1. The Balaban J connectivity index is 1.79. The van der Waals surface area contributed by atoms with Gasteiger partial charge in [-0.3, -0.25) is 4.79 Å². The Bertz CT molecular complexity index is 860. The average Bonchev–Trinajstić information content (AvgIpc) is 2.95. The first kappa shape index (κ1) is 17.6. The number of aliphatic imine (C=N–C) groups is 1. The summed E-state index contributed by atoms with van der Waals surface area (Å²) in [6.07, 6.45) is 2.77. The fraction of sp³-hybridized carbons (Fsp3) is 0.158. The fourth-order valence-electron chi connectivity index (χ4n) is 2.33. The summed E-state index contributed by atoms with van der Waals surface area (Å²) in [7, 11) is 1.56. The van der Waals surface area contributed by atoms with Gasteiger partial charge in [-0.1, -0.05) is 36.7 Å². The van der Waals surface area contributed by atoms with E-state index in [4.69, 9.17) is 16.3 Å². The number of ether oxygens (including phenoxy) is 1. The van der Waals surface area contributed by atoms with Crippen LogP contribution in [0.5, 0.6) is 5.75 Å². The molecule has 0 bridgehead atoms. The molecule has 0 radical (unpaired) electrons. The number of nitrogens with one attached hydrogen (secondary N) is 1. The lowest BCUT2D eigenvalue weighted by molar-refractivity contribution is -0.115. The third kappa shape index (κ3) is 4.24. The van der Waals surface area contributed by atoms with Crippen molar-refractivity contribution in [3.05, 3.63) is 63.5 Å². The molecule has 1 saturated heterocycles. The van der Waals surface area contributed by atoms with Crippen LogP contribution >= 0.6 is 23.4 Å². The van der Waals surface area contributed by atoms with E-state index in [2.05, 4.69) is 17.2 Å². The highest BCUT2D eigenvalue weighted by Crippen LogP contribution is 2.30. The minimum Gasteiger partial charge on any atom is -0.495 e. The molecule has 1 N–H and O–H groups in total. The third-order valence-corrected chi connectivity index (χ3v) is 4.90. The third-order valence-electron chi connectivity index (χ3n) is 3.70. The van der Waals surface area contributed by atoms with Gasteiger partial charge in [-0.05, 0) is 59.7 Å². The Kier molecular flexibility index (Phi) is 5.46. The van der Waals surface area contributed by atoms with Gasteiger partial charge in [0.05, 0.1) is 22.7 Å². The lowest BCUT2D eigenvalue weighted by atomic mass is 10.2. The van der Waals surface area contributed by atoms with Gasteiger partial charge in [0, 0.05) is 0 Å². The molecule has 2 aromatic carbocycles. The van der Waals surface area contributed by atoms with E-state index >= 15 is 0 Å². The minimum absolute atomic E-state index is 0.166. The Morgan fingerprint density at radius 1 is 1.24 bits per heavy atom. The van der Waals surface area contributed by atoms with Crippen LogP contribution in [-0.4, -0.2) is 18.2 Å². The maximum atomic E-state index is 12.1. The van der Waals surface area contributed by atoms with Crippen LogP contribution in [0.4, 0.5) is 5.69 Å². The maximum Gasteiger partial charge on any atom is 0.264 e. The SMILES string of the molecule is CCc1ccc(N=C2NC(=O)/C(=C\c3ccc(OC)c(Cl)c3)S2)cc1. The van der Waals surface area contributed by atoms with Crippen molar-refractivity contribution >= 4 is 46.2 Å². The van der Waals surface area contributed by atoms with E-state index in [1.165, 1.54) is 17.3 Å². The summed E-state index contributed by atoms with van der Waals surface area (Å²) in [5.74, 6) is 0.436. The molecule has 1 heterocycles. The van der Waals surface area contributed by atoms with Crippen LogP contribution in [0, 0.1) is 0 Å². The van der Waals surface area contributed by atoms with E-state index in [-0.39, 0.29) is 5.91 Å². The maximum absolute atomic E-state index is 12.1. The predicted molar refractivity (Wildman–Crippen MR) is 105 cm³/mol. The Morgan fingerprint density at radius 3 is 2.64 bits per heavy atom. The second-order valence-electron chi connectivity index (χ2n) is 5.40. The summed E-state index contributed by atoms with van der Waals surface area (Å²) in [5, 5.41) is 3.86. The lowest BCUT2D eigenvalue weighted by Crippen LogP contribution is -2.19. The number of aryl methyl sites for hydroxylation is 1. The molecule has 0 atom stereocenters. The van der Waals surface area contributed by atoms with Crippen LogP contribution in [-0.2, 0) is 11.2 Å². The number of amides is 1. The molecule has 3 rings (SSSR count). The molecular weight excluding hydrogens is 356 g/mol. The van der Waals surface area contributed by atoms with Gasteiger partial charge in [0.15, 0.2) is 5.17 Å². The Hall–Kier alpha value is -2.24. The smallest absolute Gasteiger partial charge is 0.264 e. The molecular formula is C19H17ClN2O2S. The molecule has 0 aromatic heterocycles. The molecule has 1 fully saturated rings. The predicted octanol–water partition coefficient (Wildman–Crippen LogP) is 4.80. The van der Waals surface area contributed by atoms with Crippen molar-refractivity contribution in [2.75, 3.05) is 7.11 Å². The molecule has 128 valence electrons. The summed E-state index contributed by atoms with van der Waals surface area (Å²) in [4.78, 5) is 17.2. The van der Waals surface area contributed by atoms with Crippen molar-refractivity contribution < 1.29 is 9.53 Å². The van der Waals surface area contributed by atoms with Crippen LogP contribution in [0.3, 0.4) is 0 Å². The minimum atomic E-state index is -0.166. The highest BCUT2D eigenvalue weighted by atomic mass is 35.5. The number of rotatable bonds is 4. The summed E-state index contributed by atoms with van der Waals surface area (Å²) in [5.41, 5.74) is 2.90. The number of carbonyl (C=O) groups is 1. The van der Waals surface area contributed by atoms with Gasteiger partial charge in [0.25, 0.3) is 5.91 Å². The molecule has 1 aliphatic heterocycles. The molecule has 2 aromatic rings. The number of amidine groups is 1. The summed E-state index contributed by atoms with van der Waals surface area (Å²) in [6, 6.07) is 13.4. The number of thioether (sulfide) groups is 1. The number of nitrogens with zero attached hydrogens (tertiary/aromatic N) is 1. The van der Waals surface area contributed by atoms with Crippen LogP contribution in [0.1, 0.15) is 18.1 Å². The van der Waals surface area contributed by atoms with Crippen molar-refractivity contribution in [3.8, 4) is 5.75 Å². The number of hydrogen-bond acceptors (Lipinski definition) is 4. The fourth-order valence-corrected chi connectivity index (χ4v) is 3.44. The zero-order valence-electron chi connectivity index (χ0n) is 13.9. The molecule has 0 unspecified atom stereocenters. The second-order valence-corrected chi connectivity index (χ2v) is 6.83. The van der Waals surface area contributed by atoms with Crippen LogP contribution in [0.25, 0.3) is 6.08 Å². The molecule has 1 aliphatic rings. The number of hydrogen-bond donors (Lipinski definition) is 1. The van der Waals surface area contributed by atoms with Gasteiger partial charge in [-0.25, -0.2) is 4.99 Å². The Labute approximate surface area is 155 Å². The highest BCUT2D eigenvalue weighted by Gasteiger charge is 2.23. The van der Waals surface area contributed by atoms with E-state index in [1.807, 2.05) is 30.3 Å². The number of halogens is 1. The van der Waals surface area contributed by atoms with Gasteiger partial charge in [-0.15, -0.1) is 0 Å². The zero-order chi connectivity index (χ0) is 17.8. The quantitative estimate of drug-likeness (QED) is 0.784. The Morgan fingerprint density at radius 2 is 2.00 bits per heavy atom. The largest absolute Gasteiger partial charge is 0.495 e. The molecule has 1 amide bonds. The van der Waals surface area contributed by atoms with Crippen LogP contribution in [0.15, 0.2) is 52.4 Å². The molecule has 0 aliphatic carbocycles. The standard InChI is InChI=1S/C19H17ClN2O2S/c1-3-12-4-7-14(8-5-12)21-19-22-18(23)17(25-19)11-13-6-9-16(24-2)15(20)10-13/h4-11H,3H2,1-2H3,(H,21,22,23)/b17-11+. The molecule has 0 spiro atoms. The number of benzene rings is 2. The van der Waals surface area contributed by atoms with Crippen molar-refractivity contribution in [2.45, 2.75) is 13.3 Å². The van der Waals surface area contributed by atoms with E-state index < -0.39 is 0 Å². The number of methoxy groups -OCH3 is 1. The van der Waals surface area contributed by atoms with Crippen molar-refractivity contribution in [3.63, 3.8) is 0 Å². The van der Waals surface area contributed by atoms with Gasteiger partial charge in [-0.2, -0.15) is 0 Å². The highest BCUT2D eigenvalue weighted by molar-refractivity contribution is 8.18. The number of carbonyl (C=O) groups excluding carboxylic acids is 1. The van der Waals surface area contributed by atoms with Crippen molar-refractivity contribution in [1.29, 1.82) is 0 Å². The van der Waals surface area contributed by atoms with Crippen LogP contribution in [0.2, 0.25) is 5.02 Å². The first-order valence-electron chi connectivity index (χ1n) is 7.81. The first-order valence-corrected chi connectivity index (χ1v) is 9.00. The molecule has 4 nitrogen and oxygen atoms in total. The van der Waals surface area contributed by atoms with E-state index in [0.29, 0.717) is 20.8 Å². The lowest BCUT2D eigenvalue weighted by Gasteiger charge is -2.03. The summed E-state index contributed by atoms with van der Waals surface area (Å²) < 4.78 is 5.13. The van der Waals surface area contributed by atoms with E-state index in [0.717, 1.165) is 17.7 Å². The van der Waals surface area contributed by atoms with Gasteiger partial charge in [0.2, 0.25) is 0 Å². The van der Waals surface area contributed by atoms with Gasteiger partial charge >= 0.3 is 0 Å². The second kappa shape index (κ2) is 7.76. The summed E-state index contributed by atoms with van der Waals surface area (Å²) in [6.45, 7) is 2.11. The van der Waals surface area contributed by atoms with E-state index in [1.54, 1.807) is 25.3 Å². The monoisotopic (exact) mass is 372 g/mol. The molecule has 6 heteroatoms. The topological polar surface area (TPSA) is 50.7 Å². The van der Waals surface area contributed by atoms with E-state index in [9.17, 15) is 4.79 Å². The molecule has 0 saturated carbocycles. The normalized spacial score (nSPS) is 17.2.